The fraction of sp³-hybridized carbons (Fsp3) is 0.150. The van der Waals surface area contributed by atoms with Gasteiger partial charge in [-0.2, -0.15) is 0 Å². The molecule has 1 heterocycles. The lowest BCUT2D eigenvalue weighted by Gasteiger charge is -2.00. The number of rotatable bonds is 3. The molecular weight excluding hydrogens is 319 g/mol. The Labute approximate surface area is 145 Å². The predicted octanol–water partition coefficient (Wildman–Crippen LogP) is 4.68. The monoisotopic (exact) mass is 336 g/mol. The second-order valence-corrected chi connectivity index (χ2v) is 6.46. The van der Waals surface area contributed by atoms with Gasteiger partial charge in [0.1, 0.15) is 10.8 Å². The molecule has 120 valence electrons. The van der Waals surface area contributed by atoms with Gasteiger partial charge >= 0.3 is 0 Å². The highest BCUT2D eigenvalue weighted by Gasteiger charge is 2.07. The second-order valence-electron chi connectivity index (χ2n) is 5.60. The van der Waals surface area contributed by atoms with Crippen molar-refractivity contribution in [2.45, 2.75) is 6.42 Å². The summed E-state index contributed by atoms with van der Waals surface area (Å²) in [7, 11) is 3.86. The Kier molecular flexibility index (Phi) is 4.93. The summed E-state index contributed by atoms with van der Waals surface area (Å²) in [4.78, 5) is 6.50. The molecule has 4 heteroatoms. The molecule has 0 aliphatic carbocycles. The highest BCUT2D eigenvalue weighted by molar-refractivity contribution is 7.13. The van der Waals surface area contributed by atoms with Crippen molar-refractivity contribution in [3.8, 4) is 33.8 Å². The summed E-state index contributed by atoms with van der Waals surface area (Å²) in [5.74, 6) is 2.89. The summed E-state index contributed by atoms with van der Waals surface area (Å²) >= 11 is 1.56. The topological polar surface area (TPSA) is 16.1 Å². The summed E-state index contributed by atoms with van der Waals surface area (Å²) in [6, 6.07) is 17.7. The smallest absolute Gasteiger partial charge is 0.124 e. The van der Waals surface area contributed by atoms with Crippen LogP contribution in [0.25, 0.3) is 21.8 Å². The Bertz CT molecular complexity index is 868. The van der Waals surface area contributed by atoms with Crippen molar-refractivity contribution in [2.75, 3.05) is 14.1 Å². The molecular formula is C20H17FN2S. The molecule has 0 unspecified atom stereocenters. The van der Waals surface area contributed by atoms with Crippen LogP contribution in [0.4, 0.5) is 4.39 Å². The molecule has 0 aliphatic heterocycles. The Balaban J connectivity index is 1.76. The van der Waals surface area contributed by atoms with Gasteiger partial charge in [-0.25, -0.2) is 9.37 Å². The Morgan fingerprint density at radius 2 is 1.67 bits per heavy atom. The molecule has 2 aromatic carbocycles. The number of halogens is 1. The first kappa shape index (κ1) is 16.2. The summed E-state index contributed by atoms with van der Waals surface area (Å²) in [6.07, 6.45) is 0.732. The van der Waals surface area contributed by atoms with Crippen LogP contribution in [0, 0.1) is 17.8 Å². The van der Waals surface area contributed by atoms with Gasteiger partial charge in [0.05, 0.1) is 5.69 Å². The molecule has 0 spiro atoms. The van der Waals surface area contributed by atoms with E-state index in [0.29, 0.717) is 0 Å². The van der Waals surface area contributed by atoms with E-state index in [1.165, 1.54) is 17.7 Å². The summed E-state index contributed by atoms with van der Waals surface area (Å²) in [5.41, 5.74) is 4.12. The molecule has 0 radical (unpaired) electrons. The average molecular weight is 336 g/mol. The lowest BCUT2D eigenvalue weighted by molar-refractivity contribution is 0.597. The summed E-state index contributed by atoms with van der Waals surface area (Å²) in [6.45, 7) is 0. The maximum atomic E-state index is 13.0. The molecule has 0 N–H and O–H groups in total. The first-order chi connectivity index (χ1) is 11.6. The molecule has 0 saturated heterocycles. The number of hydrogen-bond donors (Lipinski definition) is 0. The van der Waals surface area contributed by atoms with E-state index in [4.69, 9.17) is 0 Å². The van der Waals surface area contributed by atoms with E-state index >= 15 is 0 Å². The highest BCUT2D eigenvalue weighted by Crippen LogP contribution is 2.29. The molecule has 3 rings (SSSR count). The van der Waals surface area contributed by atoms with Crippen molar-refractivity contribution in [3.63, 3.8) is 0 Å². The number of nitrogens with zero attached hydrogens (tertiary/aromatic N) is 2. The molecule has 0 saturated carbocycles. The standard InChI is InChI=1S/C20H17FN2S/c1-23(2)13-3-4-15-5-7-16(8-6-15)19-14-24-20(22-19)17-9-11-18(21)12-10-17/h5-12,14H,4H2,1-2H3. The van der Waals surface area contributed by atoms with Crippen LogP contribution >= 0.6 is 11.3 Å². The molecule has 0 fully saturated rings. The van der Waals surface area contributed by atoms with Crippen LogP contribution in [0.3, 0.4) is 0 Å². The highest BCUT2D eigenvalue weighted by atomic mass is 32.1. The van der Waals surface area contributed by atoms with E-state index in [1.54, 1.807) is 23.5 Å². The van der Waals surface area contributed by atoms with Crippen molar-refractivity contribution < 1.29 is 4.39 Å². The van der Waals surface area contributed by atoms with Gasteiger partial charge in [0.25, 0.3) is 0 Å². The van der Waals surface area contributed by atoms with Gasteiger partial charge in [0, 0.05) is 43.1 Å². The number of thiazole rings is 1. The van der Waals surface area contributed by atoms with Gasteiger partial charge in [-0.15, -0.1) is 11.3 Å². The van der Waals surface area contributed by atoms with E-state index in [-0.39, 0.29) is 5.82 Å². The normalized spacial score (nSPS) is 10.1. The van der Waals surface area contributed by atoms with Crippen LogP contribution in [-0.2, 0) is 6.42 Å². The quantitative estimate of drug-likeness (QED) is 0.510. The zero-order valence-corrected chi connectivity index (χ0v) is 14.4. The minimum Gasteiger partial charge on any atom is -0.339 e. The van der Waals surface area contributed by atoms with Crippen molar-refractivity contribution in [1.29, 1.82) is 0 Å². The fourth-order valence-corrected chi connectivity index (χ4v) is 3.06. The largest absolute Gasteiger partial charge is 0.339 e. The first-order valence-electron chi connectivity index (χ1n) is 7.58. The first-order valence-corrected chi connectivity index (χ1v) is 8.46. The van der Waals surface area contributed by atoms with Gasteiger partial charge in [0.15, 0.2) is 0 Å². The van der Waals surface area contributed by atoms with E-state index < -0.39 is 0 Å². The third-order valence-corrected chi connectivity index (χ3v) is 4.33. The van der Waals surface area contributed by atoms with Gasteiger partial charge in [0.2, 0.25) is 0 Å². The minimum absolute atomic E-state index is 0.233. The van der Waals surface area contributed by atoms with E-state index in [9.17, 15) is 4.39 Å². The lowest BCUT2D eigenvalue weighted by atomic mass is 10.1. The van der Waals surface area contributed by atoms with E-state index in [1.807, 2.05) is 24.4 Å². The third-order valence-electron chi connectivity index (χ3n) is 3.44. The van der Waals surface area contributed by atoms with Gasteiger partial charge in [-0.3, -0.25) is 0 Å². The van der Waals surface area contributed by atoms with Crippen molar-refractivity contribution in [1.82, 2.24) is 9.88 Å². The number of hydrogen-bond acceptors (Lipinski definition) is 3. The van der Waals surface area contributed by atoms with Crippen LogP contribution in [0.15, 0.2) is 53.9 Å². The van der Waals surface area contributed by atoms with Crippen LogP contribution < -0.4 is 0 Å². The van der Waals surface area contributed by atoms with Crippen molar-refractivity contribution in [2.24, 2.45) is 0 Å². The van der Waals surface area contributed by atoms with Crippen LogP contribution in [0.1, 0.15) is 5.56 Å². The number of benzene rings is 2. The molecule has 24 heavy (non-hydrogen) atoms. The predicted molar refractivity (Wildman–Crippen MR) is 98.1 cm³/mol. The second kappa shape index (κ2) is 7.29. The van der Waals surface area contributed by atoms with Gasteiger partial charge in [-0.05, 0) is 29.8 Å². The summed E-state index contributed by atoms with van der Waals surface area (Å²) in [5, 5.41) is 2.92. The average Bonchev–Trinajstić information content (AvgIpc) is 3.06. The van der Waals surface area contributed by atoms with Crippen molar-refractivity contribution in [3.05, 3.63) is 65.3 Å². The molecule has 0 atom stereocenters. The lowest BCUT2D eigenvalue weighted by Crippen LogP contribution is -2.01. The van der Waals surface area contributed by atoms with Crippen LogP contribution in [0.5, 0.6) is 0 Å². The molecule has 0 amide bonds. The zero-order valence-electron chi connectivity index (χ0n) is 13.6. The van der Waals surface area contributed by atoms with Gasteiger partial charge < -0.3 is 4.90 Å². The molecule has 3 aromatic rings. The fourth-order valence-electron chi connectivity index (χ4n) is 2.22. The Hall–Kier alpha value is -2.64. The maximum Gasteiger partial charge on any atom is 0.124 e. The maximum absolute atomic E-state index is 13.0. The van der Waals surface area contributed by atoms with Crippen LogP contribution in [-0.4, -0.2) is 24.0 Å². The Morgan fingerprint density at radius 3 is 2.33 bits per heavy atom. The van der Waals surface area contributed by atoms with E-state index in [2.05, 4.69) is 41.2 Å². The third kappa shape index (κ3) is 4.01. The van der Waals surface area contributed by atoms with E-state index in [0.717, 1.165) is 28.2 Å². The molecule has 0 bridgehead atoms. The zero-order chi connectivity index (χ0) is 16.9. The van der Waals surface area contributed by atoms with Crippen LogP contribution in [0.2, 0.25) is 0 Å². The van der Waals surface area contributed by atoms with Gasteiger partial charge in [-0.1, -0.05) is 30.2 Å². The SMILES string of the molecule is CN(C)C#CCc1ccc(-c2csc(-c3ccc(F)cc3)n2)cc1. The minimum atomic E-state index is -0.233. The molecule has 1 aromatic heterocycles. The number of aromatic nitrogens is 1. The van der Waals surface area contributed by atoms with Crippen molar-refractivity contribution >= 4 is 11.3 Å². The molecule has 2 nitrogen and oxygen atoms in total. The Morgan fingerprint density at radius 1 is 1.00 bits per heavy atom. The summed E-state index contributed by atoms with van der Waals surface area (Å²) < 4.78 is 13.0. The molecule has 0 aliphatic rings.